The van der Waals surface area contributed by atoms with E-state index in [9.17, 15) is 4.79 Å². The summed E-state index contributed by atoms with van der Waals surface area (Å²) < 4.78 is 0. The lowest BCUT2D eigenvalue weighted by Crippen LogP contribution is -2.24. The Morgan fingerprint density at radius 3 is 2.25 bits per heavy atom. The van der Waals surface area contributed by atoms with Crippen LogP contribution in [0.5, 0.6) is 0 Å². The summed E-state index contributed by atoms with van der Waals surface area (Å²) in [5, 5.41) is 6.48. The zero-order valence-electron chi connectivity index (χ0n) is 14.1. The van der Waals surface area contributed by atoms with Crippen molar-refractivity contribution in [1.82, 2.24) is 0 Å². The van der Waals surface area contributed by atoms with Crippen LogP contribution in [0.4, 0.5) is 11.4 Å². The molecule has 0 aliphatic heterocycles. The molecule has 24 heavy (non-hydrogen) atoms. The maximum absolute atomic E-state index is 12.3. The fourth-order valence-electron chi connectivity index (χ4n) is 3.28. The molecule has 2 aromatic rings. The largest absolute Gasteiger partial charge is 0.385 e. The number of rotatable bonds is 6. The van der Waals surface area contributed by atoms with Crippen LogP contribution in [0.1, 0.15) is 37.7 Å². The number of hydrogen-bond acceptors (Lipinski definition) is 2. The van der Waals surface area contributed by atoms with Crippen LogP contribution >= 0.6 is 0 Å². The van der Waals surface area contributed by atoms with Gasteiger partial charge in [0.25, 0.3) is 0 Å². The van der Waals surface area contributed by atoms with Gasteiger partial charge in [-0.3, -0.25) is 4.79 Å². The zero-order valence-corrected chi connectivity index (χ0v) is 14.1. The number of carbonyl (C=O) groups is 1. The maximum atomic E-state index is 12.3. The van der Waals surface area contributed by atoms with E-state index in [1.807, 2.05) is 30.3 Å². The van der Waals surface area contributed by atoms with E-state index in [1.54, 1.807) is 0 Å². The average molecular weight is 322 g/mol. The van der Waals surface area contributed by atoms with Crippen LogP contribution in [0, 0.1) is 5.92 Å². The summed E-state index contributed by atoms with van der Waals surface area (Å²) in [4.78, 5) is 12.3. The molecular formula is C21H26N2O. The first-order valence-electron chi connectivity index (χ1n) is 9.00. The minimum Gasteiger partial charge on any atom is -0.385 e. The van der Waals surface area contributed by atoms with Crippen molar-refractivity contribution in [1.29, 1.82) is 0 Å². The molecule has 0 bridgehead atoms. The highest BCUT2D eigenvalue weighted by Gasteiger charge is 2.20. The Balaban J connectivity index is 1.45. The quantitative estimate of drug-likeness (QED) is 0.797. The second-order valence-corrected chi connectivity index (χ2v) is 6.56. The lowest BCUT2D eigenvalue weighted by atomic mass is 9.88. The van der Waals surface area contributed by atoms with Crippen molar-refractivity contribution in [3.63, 3.8) is 0 Å². The summed E-state index contributed by atoms with van der Waals surface area (Å²) in [6, 6.07) is 18.5. The average Bonchev–Trinajstić information content (AvgIpc) is 2.65. The Kier molecular flexibility index (Phi) is 5.89. The van der Waals surface area contributed by atoms with E-state index in [2.05, 4.69) is 34.9 Å². The number of anilines is 2. The lowest BCUT2D eigenvalue weighted by Gasteiger charge is -2.20. The number of benzene rings is 2. The van der Waals surface area contributed by atoms with Crippen LogP contribution in [0.3, 0.4) is 0 Å². The van der Waals surface area contributed by atoms with Crippen LogP contribution in [-0.2, 0) is 11.2 Å². The van der Waals surface area contributed by atoms with Gasteiger partial charge in [0.15, 0.2) is 0 Å². The molecule has 1 amide bonds. The smallest absolute Gasteiger partial charge is 0.227 e. The van der Waals surface area contributed by atoms with Crippen molar-refractivity contribution >= 4 is 17.3 Å². The van der Waals surface area contributed by atoms with Crippen molar-refractivity contribution in [3.05, 3.63) is 60.2 Å². The normalized spacial score (nSPS) is 15.0. The van der Waals surface area contributed by atoms with Gasteiger partial charge in [-0.1, -0.05) is 49.6 Å². The van der Waals surface area contributed by atoms with Crippen LogP contribution in [-0.4, -0.2) is 12.5 Å². The molecule has 1 fully saturated rings. The van der Waals surface area contributed by atoms with E-state index in [-0.39, 0.29) is 11.8 Å². The molecule has 0 heterocycles. The molecule has 1 aliphatic rings. The molecule has 1 saturated carbocycles. The SMILES string of the molecule is O=C(Nc1ccc(NCCc2ccccc2)cc1)C1CCCCC1. The Labute approximate surface area is 144 Å². The summed E-state index contributed by atoms with van der Waals surface area (Å²) in [5.41, 5.74) is 3.31. The van der Waals surface area contributed by atoms with Gasteiger partial charge < -0.3 is 10.6 Å². The highest BCUT2D eigenvalue weighted by Crippen LogP contribution is 2.25. The Morgan fingerprint density at radius 2 is 1.54 bits per heavy atom. The Morgan fingerprint density at radius 1 is 0.875 bits per heavy atom. The predicted octanol–water partition coefficient (Wildman–Crippen LogP) is 4.86. The molecule has 0 aromatic heterocycles. The Hall–Kier alpha value is -2.29. The van der Waals surface area contributed by atoms with Crippen molar-refractivity contribution in [2.45, 2.75) is 38.5 Å². The Bertz CT molecular complexity index is 631. The van der Waals surface area contributed by atoms with E-state index in [4.69, 9.17) is 0 Å². The minimum atomic E-state index is 0.180. The van der Waals surface area contributed by atoms with Gasteiger partial charge in [0.2, 0.25) is 5.91 Å². The molecule has 1 aliphatic carbocycles. The molecule has 0 radical (unpaired) electrons. The molecule has 2 aromatic carbocycles. The third-order valence-corrected chi connectivity index (χ3v) is 4.71. The summed E-state index contributed by atoms with van der Waals surface area (Å²) in [6.07, 6.45) is 6.70. The van der Waals surface area contributed by atoms with Crippen LogP contribution in [0.2, 0.25) is 0 Å². The van der Waals surface area contributed by atoms with Crippen molar-refractivity contribution in [2.75, 3.05) is 17.2 Å². The molecule has 3 nitrogen and oxygen atoms in total. The molecule has 2 N–H and O–H groups in total. The topological polar surface area (TPSA) is 41.1 Å². The molecule has 0 unspecified atom stereocenters. The first-order valence-corrected chi connectivity index (χ1v) is 9.00. The van der Waals surface area contributed by atoms with Gasteiger partial charge in [0, 0.05) is 23.8 Å². The summed E-state index contributed by atoms with van der Waals surface area (Å²) in [5.74, 6) is 0.377. The zero-order chi connectivity index (χ0) is 16.6. The van der Waals surface area contributed by atoms with Crippen LogP contribution < -0.4 is 10.6 Å². The van der Waals surface area contributed by atoms with Gasteiger partial charge in [0.1, 0.15) is 0 Å². The molecular weight excluding hydrogens is 296 g/mol. The predicted molar refractivity (Wildman–Crippen MR) is 100 cm³/mol. The van der Waals surface area contributed by atoms with E-state index >= 15 is 0 Å². The number of nitrogens with one attached hydrogen (secondary N) is 2. The molecule has 3 rings (SSSR count). The van der Waals surface area contributed by atoms with Crippen LogP contribution in [0.15, 0.2) is 54.6 Å². The minimum absolute atomic E-state index is 0.180. The third-order valence-electron chi connectivity index (χ3n) is 4.71. The van der Waals surface area contributed by atoms with E-state index in [1.165, 1.54) is 24.8 Å². The number of carbonyl (C=O) groups excluding carboxylic acids is 1. The molecule has 0 spiro atoms. The van der Waals surface area contributed by atoms with Crippen molar-refractivity contribution in [3.8, 4) is 0 Å². The molecule has 0 saturated heterocycles. The lowest BCUT2D eigenvalue weighted by molar-refractivity contribution is -0.120. The maximum Gasteiger partial charge on any atom is 0.227 e. The van der Waals surface area contributed by atoms with Gasteiger partial charge in [-0.2, -0.15) is 0 Å². The third kappa shape index (κ3) is 4.85. The van der Waals surface area contributed by atoms with Crippen molar-refractivity contribution < 1.29 is 4.79 Å². The van der Waals surface area contributed by atoms with Gasteiger partial charge in [-0.05, 0) is 49.1 Å². The second-order valence-electron chi connectivity index (χ2n) is 6.56. The highest BCUT2D eigenvalue weighted by molar-refractivity contribution is 5.92. The van der Waals surface area contributed by atoms with Gasteiger partial charge in [0.05, 0.1) is 0 Å². The first-order chi connectivity index (χ1) is 11.8. The molecule has 126 valence electrons. The highest BCUT2D eigenvalue weighted by atomic mass is 16.1. The summed E-state index contributed by atoms with van der Waals surface area (Å²) >= 11 is 0. The summed E-state index contributed by atoms with van der Waals surface area (Å²) in [7, 11) is 0. The van der Waals surface area contributed by atoms with Gasteiger partial charge >= 0.3 is 0 Å². The fourth-order valence-corrected chi connectivity index (χ4v) is 3.28. The standard InChI is InChI=1S/C21H26N2O/c24-21(18-9-5-2-6-10-18)23-20-13-11-19(12-14-20)22-16-15-17-7-3-1-4-8-17/h1,3-4,7-8,11-14,18,22H,2,5-6,9-10,15-16H2,(H,23,24). The van der Waals surface area contributed by atoms with Crippen molar-refractivity contribution in [2.24, 2.45) is 5.92 Å². The van der Waals surface area contributed by atoms with Gasteiger partial charge in [-0.15, -0.1) is 0 Å². The van der Waals surface area contributed by atoms with E-state index in [0.29, 0.717) is 0 Å². The summed E-state index contributed by atoms with van der Waals surface area (Å²) in [6.45, 7) is 0.901. The second kappa shape index (κ2) is 8.53. The molecule has 0 atom stereocenters. The van der Waals surface area contributed by atoms with E-state index in [0.717, 1.165) is 37.2 Å². The number of hydrogen-bond donors (Lipinski definition) is 2. The number of amides is 1. The fraction of sp³-hybridized carbons (Fsp3) is 0.381. The van der Waals surface area contributed by atoms with Gasteiger partial charge in [-0.25, -0.2) is 0 Å². The first kappa shape index (κ1) is 16.6. The van der Waals surface area contributed by atoms with Crippen LogP contribution in [0.25, 0.3) is 0 Å². The van der Waals surface area contributed by atoms with E-state index < -0.39 is 0 Å². The molecule has 3 heteroatoms. The monoisotopic (exact) mass is 322 g/mol.